The summed E-state index contributed by atoms with van der Waals surface area (Å²) in [6.45, 7) is 2.82. The van der Waals surface area contributed by atoms with Crippen LogP contribution in [0.15, 0.2) is 16.9 Å². The van der Waals surface area contributed by atoms with Crippen molar-refractivity contribution in [1.82, 2.24) is 14.9 Å². The van der Waals surface area contributed by atoms with Crippen molar-refractivity contribution in [3.63, 3.8) is 0 Å². The molecular formula is C21H29N3O4. The Balaban J connectivity index is 1.77. The molecule has 1 fully saturated rings. The zero-order valence-electron chi connectivity index (χ0n) is 16.9. The molecule has 0 spiro atoms. The Morgan fingerprint density at radius 1 is 1.21 bits per heavy atom. The monoisotopic (exact) mass is 387 g/mol. The summed E-state index contributed by atoms with van der Waals surface area (Å²) in [4.78, 5) is 34.2. The van der Waals surface area contributed by atoms with E-state index in [4.69, 9.17) is 9.47 Å². The third-order valence-corrected chi connectivity index (χ3v) is 5.58. The highest BCUT2D eigenvalue weighted by molar-refractivity contribution is 5.82. The van der Waals surface area contributed by atoms with Crippen LogP contribution >= 0.6 is 0 Å². The molecule has 3 rings (SSSR count). The number of aromatic amines is 1. The Hall–Kier alpha value is -2.57. The van der Waals surface area contributed by atoms with Crippen LogP contribution in [-0.2, 0) is 11.3 Å². The van der Waals surface area contributed by atoms with Gasteiger partial charge < -0.3 is 19.4 Å². The van der Waals surface area contributed by atoms with Gasteiger partial charge >= 0.3 is 0 Å². The lowest BCUT2D eigenvalue weighted by Gasteiger charge is -2.21. The lowest BCUT2D eigenvalue weighted by atomic mass is 10.0. The van der Waals surface area contributed by atoms with E-state index in [1.54, 1.807) is 24.1 Å². The molecule has 1 heterocycles. The lowest BCUT2D eigenvalue weighted by Crippen LogP contribution is -2.32. The van der Waals surface area contributed by atoms with Gasteiger partial charge in [0, 0.05) is 19.0 Å². The molecule has 1 aliphatic carbocycles. The number of aromatic nitrogens is 2. The van der Waals surface area contributed by atoms with Crippen LogP contribution in [-0.4, -0.2) is 41.5 Å². The van der Waals surface area contributed by atoms with Gasteiger partial charge in [0.25, 0.3) is 5.56 Å². The summed E-state index contributed by atoms with van der Waals surface area (Å²) in [7, 11) is 3.07. The SMILES string of the molecule is CCN(Cc1nc2cc(OC)c(OC)cc2c(=O)[nH]1)C(=O)CCC1CCCC1. The fraction of sp³-hybridized carbons (Fsp3) is 0.571. The van der Waals surface area contributed by atoms with Crippen LogP contribution in [0.1, 0.15) is 51.3 Å². The van der Waals surface area contributed by atoms with E-state index < -0.39 is 0 Å². The van der Waals surface area contributed by atoms with Gasteiger partial charge in [-0.2, -0.15) is 0 Å². The molecule has 1 aliphatic rings. The predicted molar refractivity (Wildman–Crippen MR) is 108 cm³/mol. The number of nitrogens with zero attached hydrogens (tertiary/aromatic N) is 2. The number of rotatable bonds is 8. The summed E-state index contributed by atoms with van der Waals surface area (Å²) in [5, 5.41) is 0.428. The fourth-order valence-electron chi connectivity index (χ4n) is 3.93. The predicted octanol–water partition coefficient (Wildman–Crippen LogP) is 3.26. The number of carbonyl (C=O) groups excluding carboxylic acids is 1. The zero-order valence-corrected chi connectivity index (χ0v) is 16.9. The van der Waals surface area contributed by atoms with Gasteiger partial charge in [-0.3, -0.25) is 9.59 Å². The highest BCUT2D eigenvalue weighted by atomic mass is 16.5. The summed E-state index contributed by atoms with van der Waals surface area (Å²) in [5.41, 5.74) is 0.265. The highest BCUT2D eigenvalue weighted by Gasteiger charge is 2.19. The molecule has 152 valence electrons. The second-order valence-electron chi connectivity index (χ2n) is 7.33. The van der Waals surface area contributed by atoms with Crippen molar-refractivity contribution >= 4 is 16.8 Å². The first-order chi connectivity index (χ1) is 13.5. The van der Waals surface area contributed by atoms with E-state index in [-0.39, 0.29) is 11.5 Å². The molecule has 0 bridgehead atoms. The molecule has 0 aliphatic heterocycles. The molecule has 1 saturated carbocycles. The molecule has 1 N–H and O–H groups in total. The summed E-state index contributed by atoms with van der Waals surface area (Å²) in [5.74, 6) is 2.26. The number of hydrogen-bond acceptors (Lipinski definition) is 5. The number of H-pyrrole nitrogens is 1. The van der Waals surface area contributed by atoms with Gasteiger partial charge in [-0.15, -0.1) is 0 Å². The summed E-state index contributed by atoms with van der Waals surface area (Å²) < 4.78 is 10.6. The van der Waals surface area contributed by atoms with Crippen LogP contribution in [0.2, 0.25) is 0 Å². The van der Waals surface area contributed by atoms with Gasteiger partial charge in [-0.05, 0) is 25.3 Å². The van der Waals surface area contributed by atoms with Crippen molar-refractivity contribution in [3.05, 3.63) is 28.3 Å². The molecule has 1 aromatic carbocycles. The smallest absolute Gasteiger partial charge is 0.258 e. The fourth-order valence-corrected chi connectivity index (χ4v) is 3.93. The highest BCUT2D eigenvalue weighted by Crippen LogP contribution is 2.30. The number of benzene rings is 1. The molecule has 0 saturated heterocycles. The molecule has 0 radical (unpaired) electrons. The maximum atomic E-state index is 12.6. The maximum Gasteiger partial charge on any atom is 0.258 e. The van der Waals surface area contributed by atoms with Crippen molar-refractivity contribution in [3.8, 4) is 11.5 Å². The number of fused-ring (bicyclic) bond motifs is 1. The largest absolute Gasteiger partial charge is 0.493 e. The van der Waals surface area contributed by atoms with Crippen LogP contribution in [0.3, 0.4) is 0 Å². The van der Waals surface area contributed by atoms with Crippen LogP contribution < -0.4 is 15.0 Å². The van der Waals surface area contributed by atoms with Crippen molar-refractivity contribution in [2.75, 3.05) is 20.8 Å². The van der Waals surface area contributed by atoms with E-state index in [0.29, 0.717) is 53.7 Å². The van der Waals surface area contributed by atoms with Crippen LogP contribution in [0, 0.1) is 5.92 Å². The molecule has 2 aromatic rings. The summed E-state index contributed by atoms with van der Waals surface area (Å²) in [6.07, 6.45) is 6.56. The van der Waals surface area contributed by atoms with E-state index in [2.05, 4.69) is 9.97 Å². The second kappa shape index (κ2) is 9.08. The van der Waals surface area contributed by atoms with Crippen LogP contribution in [0.25, 0.3) is 10.9 Å². The van der Waals surface area contributed by atoms with E-state index in [1.807, 2.05) is 6.92 Å². The molecule has 1 amide bonds. The number of amides is 1. The number of nitrogens with one attached hydrogen (secondary N) is 1. The Morgan fingerprint density at radius 3 is 2.54 bits per heavy atom. The van der Waals surface area contributed by atoms with Crippen LogP contribution in [0.5, 0.6) is 11.5 Å². The average Bonchev–Trinajstić information content (AvgIpc) is 3.23. The Labute approximate surface area is 165 Å². The minimum atomic E-state index is -0.254. The van der Waals surface area contributed by atoms with Gasteiger partial charge in [-0.1, -0.05) is 25.7 Å². The lowest BCUT2D eigenvalue weighted by molar-refractivity contribution is -0.132. The molecular weight excluding hydrogens is 358 g/mol. The Morgan fingerprint density at radius 2 is 1.89 bits per heavy atom. The van der Waals surface area contributed by atoms with Gasteiger partial charge in [0.05, 0.1) is 31.7 Å². The molecule has 7 nitrogen and oxygen atoms in total. The molecule has 0 atom stereocenters. The molecule has 1 aromatic heterocycles. The van der Waals surface area contributed by atoms with Gasteiger partial charge in [0.15, 0.2) is 11.5 Å². The number of ether oxygens (including phenoxy) is 2. The standard InChI is InChI=1S/C21H29N3O4/c1-4-24(20(25)10-9-14-7-5-6-8-14)13-19-22-16-12-18(28-3)17(27-2)11-15(16)21(26)23-19/h11-12,14H,4-10,13H2,1-3H3,(H,22,23,26). The summed E-state index contributed by atoms with van der Waals surface area (Å²) in [6, 6.07) is 3.30. The number of hydrogen-bond donors (Lipinski definition) is 1. The first-order valence-corrected chi connectivity index (χ1v) is 9.98. The Bertz CT molecular complexity index is 887. The van der Waals surface area contributed by atoms with Gasteiger partial charge in [0.2, 0.25) is 5.91 Å². The van der Waals surface area contributed by atoms with E-state index in [9.17, 15) is 9.59 Å². The van der Waals surface area contributed by atoms with Gasteiger partial charge in [-0.25, -0.2) is 4.98 Å². The van der Waals surface area contributed by atoms with E-state index in [1.165, 1.54) is 32.8 Å². The third-order valence-electron chi connectivity index (χ3n) is 5.58. The first-order valence-electron chi connectivity index (χ1n) is 9.98. The molecule has 28 heavy (non-hydrogen) atoms. The average molecular weight is 387 g/mol. The first kappa shape index (κ1) is 20.2. The molecule has 7 heteroatoms. The minimum Gasteiger partial charge on any atom is -0.493 e. The second-order valence-corrected chi connectivity index (χ2v) is 7.33. The van der Waals surface area contributed by atoms with Crippen molar-refractivity contribution in [2.45, 2.75) is 52.0 Å². The number of methoxy groups -OCH3 is 2. The summed E-state index contributed by atoms with van der Waals surface area (Å²) >= 11 is 0. The quantitative estimate of drug-likeness (QED) is 0.751. The van der Waals surface area contributed by atoms with Crippen LogP contribution in [0.4, 0.5) is 0 Å². The van der Waals surface area contributed by atoms with Crippen molar-refractivity contribution in [2.24, 2.45) is 5.92 Å². The minimum absolute atomic E-state index is 0.115. The Kier molecular flexibility index (Phi) is 6.54. The van der Waals surface area contributed by atoms with Crippen molar-refractivity contribution < 1.29 is 14.3 Å². The van der Waals surface area contributed by atoms with Gasteiger partial charge in [0.1, 0.15) is 5.82 Å². The normalized spacial score (nSPS) is 14.4. The van der Waals surface area contributed by atoms with Crippen molar-refractivity contribution in [1.29, 1.82) is 0 Å². The maximum absolute atomic E-state index is 12.6. The zero-order chi connectivity index (χ0) is 20.1. The van der Waals surface area contributed by atoms with E-state index in [0.717, 1.165) is 6.42 Å². The third kappa shape index (κ3) is 4.46. The number of carbonyl (C=O) groups is 1. The molecule has 0 unspecified atom stereocenters. The van der Waals surface area contributed by atoms with E-state index >= 15 is 0 Å². The topological polar surface area (TPSA) is 84.5 Å².